The molecule has 0 spiro atoms. The number of ether oxygens (including phenoxy) is 2. The Balaban J connectivity index is 1.46. The molecule has 0 fully saturated rings. The van der Waals surface area contributed by atoms with Crippen molar-refractivity contribution in [3.8, 4) is 0 Å². The van der Waals surface area contributed by atoms with Crippen molar-refractivity contribution in [2.24, 2.45) is 10.9 Å². The first kappa shape index (κ1) is 24.7. The molecule has 36 heavy (non-hydrogen) atoms. The van der Waals surface area contributed by atoms with Crippen LogP contribution in [0.2, 0.25) is 0 Å². The molecule has 9 nitrogen and oxygen atoms in total. The highest BCUT2D eigenvalue weighted by molar-refractivity contribution is 6.06. The number of hydrogen-bond acceptors (Lipinski definition) is 8. The summed E-state index contributed by atoms with van der Waals surface area (Å²) in [6.07, 6.45) is 12.2. The maximum absolute atomic E-state index is 13.2. The lowest BCUT2D eigenvalue weighted by Crippen LogP contribution is -2.37. The number of benzene rings is 1. The number of methoxy groups -OCH3 is 1. The maximum atomic E-state index is 13.2. The third kappa shape index (κ3) is 5.63. The van der Waals surface area contributed by atoms with E-state index in [-0.39, 0.29) is 12.2 Å². The van der Waals surface area contributed by atoms with Gasteiger partial charge in [-0.15, -0.1) is 0 Å². The van der Waals surface area contributed by atoms with Gasteiger partial charge in [-0.1, -0.05) is 30.3 Å². The smallest absolute Gasteiger partial charge is 0.336 e. The Kier molecular flexibility index (Phi) is 7.79. The molecule has 0 aliphatic carbocycles. The molecule has 0 saturated carbocycles. The van der Waals surface area contributed by atoms with E-state index in [1.165, 1.54) is 7.11 Å². The average Bonchev–Trinajstić information content (AvgIpc) is 3.40. The van der Waals surface area contributed by atoms with Gasteiger partial charge in [0, 0.05) is 42.7 Å². The zero-order valence-corrected chi connectivity index (χ0v) is 20.4. The number of aromatic nitrogens is 4. The summed E-state index contributed by atoms with van der Waals surface area (Å²) in [4.78, 5) is 42.9. The van der Waals surface area contributed by atoms with Crippen LogP contribution in [0.5, 0.6) is 0 Å². The standard InChI is InChI=1S/C27H27N5O4/c1-18-22(26(33)35-3)24(25-29-11-5-12-30-25)23(19(2)31-18)27(34)36-15-4-6-20-7-9-21(10-8-20)16-32-14-13-28-17-32/h4-14,17,22,24H,15-16H2,1-3H3. The molecular weight excluding hydrogens is 458 g/mol. The lowest BCUT2D eigenvalue weighted by Gasteiger charge is -2.29. The number of nitrogens with zero attached hydrogens (tertiary/aromatic N) is 5. The van der Waals surface area contributed by atoms with E-state index in [9.17, 15) is 9.59 Å². The van der Waals surface area contributed by atoms with Crippen LogP contribution in [0.3, 0.4) is 0 Å². The zero-order valence-electron chi connectivity index (χ0n) is 20.4. The molecule has 1 aliphatic heterocycles. The summed E-state index contributed by atoms with van der Waals surface area (Å²) in [7, 11) is 1.30. The first-order valence-electron chi connectivity index (χ1n) is 11.5. The molecule has 2 aromatic heterocycles. The number of aliphatic imine (C=N–C) groups is 1. The number of esters is 2. The molecule has 0 amide bonds. The first-order valence-corrected chi connectivity index (χ1v) is 11.5. The van der Waals surface area contributed by atoms with Crippen LogP contribution in [-0.4, -0.2) is 50.9 Å². The fourth-order valence-electron chi connectivity index (χ4n) is 4.20. The van der Waals surface area contributed by atoms with Crippen LogP contribution in [0.15, 0.2) is 83.8 Å². The van der Waals surface area contributed by atoms with E-state index in [0.29, 0.717) is 17.2 Å². The van der Waals surface area contributed by atoms with E-state index in [4.69, 9.17) is 9.47 Å². The van der Waals surface area contributed by atoms with Gasteiger partial charge in [-0.25, -0.2) is 19.7 Å². The van der Waals surface area contributed by atoms with E-state index in [1.807, 2.05) is 41.1 Å². The minimum Gasteiger partial charge on any atom is -0.468 e. The van der Waals surface area contributed by atoms with E-state index in [2.05, 4.69) is 19.9 Å². The van der Waals surface area contributed by atoms with Crippen molar-refractivity contribution in [1.29, 1.82) is 0 Å². The van der Waals surface area contributed by atoms with E-state index >= 15 is 0 Å². The zero-order chi connectivity index (χ0) is 25.5. The summed E-state index contributed by atoms with van der Waals surface area (Å²) in [5.74, 6) is -2.33. The normalized spacial score (nSPS) is 17.7. The number of allylic oxidation sites excluding steroid dienone is 1. The highest BCUT2D eigenvalue weighted by Gasteiger charge is 2.43. The molecule has 184 valence electrons. The molecule has 4 rings (SSSR count). The van der Waals surface area contributed by atoms with Gasteiger partial charge < -0.3 is 14.0 Å². The predicted octanol–water partition coefficient (Wildman–Crippen LogP) is 3.60. The van der Waals surface area contributed by atoms with Crippen molar-refractivity contribution < 1.29 is 19.1 Å². The van der Waals surface area contributed by atoms with Crippen LogP contribution >= 0.6 is 0 Å². The van der Waals surface area contributed by atoms with Gasteiger partial charge in [0.15, 0.2) is 0 Å². The van der Waals surface area contributed by atoms with E-state index in [1.54, 1.807) is 50.9 Å². The van der Waals surface area contributed by atoms with Crippen molar-refractivity contribution >= 4 is 23.7 Å². The van der Waals surface area contributed by atoms with Crippen molar-refractivity contribution in [3.05, 3.63) is 95.7 Å². The molecule has 9 heteroatoms. The molecule has 0 saturated heterocycles. The average molecular weight is 486 g/mol. The van der Waals surface area contributed by atoms with Gasteiger partial charge in [0.05, 0.1) is 24.9 Å². The van der Waals surface area contributed by atoms with Gasteiger partial charge in [-0.3, -0.25) is 9.79 Å². The maximum Gasteiger partial charge on any atom is 0.336 e. The summed E-state index contributed by atoms with van der Waals surface area (Å²) in [5.41, 5.74) is 3.38. The third-order valence-corrected chi connectivity index (χ3v) is 5.89. The first-order chi connectivity index (χ1) is 17.5. The summed E-state index contributed by atoms with van der Waals surface area (Å²) in [5, 5.41) is 0. The predicted molar refractivity (Wildman–Crippen MR) is 134 cm³/mol. The molecule has 3 heterocycles. The SMILES string of the molecule is COC(=O)C1C(C)=NC(C)=C(C(=O)OCC=Cc2ccc(Cn3ccnc3)cc2)C1c1ncccn1. The second-order valence-electron chi connectivity index (χ2n) is 8.32. The Labute approximate surface area is 209 Å². The third-order valence-electron chi connectivity index (χ3n) is 5.89. The Morgan fingerprint density at radius 2 is 1.83 bits per heavy atom. The fraction of sp³-hybridized carbons (Fsp3) is 0.259. The van der Waals surface area contributed by atoms with Gasteiger partial charge in [-0.2, -0.15) is 0 Å². The summed E-state index contributed by atoms with van der Waals surface area (Å²) in [6.45, 7) is 4.24. The highest BCUT2D eigenvalue weighted by Crippen LogP contribution is 2.38. The molecule has 0 bridgehead atoms. The second kappa shape index (κ2) is 11.4. The Bertz CT molecular complexity index is 1300. The molecule has 2 unspecified atom stereocenters. The topological polar surface area (TPSA) is 109 Å². The molecule has 3 aromatic rings. The molecule has 1 aliphatic rings. The number of imidazole rings is 1. The van der Waals surface area contributed by atoms with Gasteiger partial charge in [0.2, 0.25) is 0 Å². The molecular formula is C27H27N5O4. The minimum atomic E-state index is -0.819. The lowest BCUT2D eigenvalue weighted by molar-refractivity contribution is -0.144. The van der Waals surface area contributed by atoms with Crippen LogP contribution in [0.25, 0.3) is 6.08 Å². The van der Waals surface area contributed by atoms with E-state index < -0.39 is 23.8 Å². The summed E-state index contributed by atoms with van der Waals surface area (Å²) < 4.78 is 12.5. The largest absolute Gasteiger partial charge is 0.468 e. The van der Waals surface area contributed by atoms with Crippen LogP contribution in [0.4, 0.5) is 0 Å². The Hall–Kier alpha value is -4.40. The van der Waals surface area contributed by atoms with Gasteiger partial charge in [-0.05, 0) is 37.1 Å². The number of rotatable bonds is 8. The Morgan fingerprint density at radius 1 is 1.08 bits per heavy atom. The van der Waals surface area contributed by atoms with Crippen LogP contribution in [-0.2, 0) is 25.6 Å². The van der Waals surface area contributed by atoms with Crippen molar-refractivity contribution in [3.63, 3.8) is 0 Å². The van der Waals surface area contributed by atoms with Crippen LogP contribution in [0, 0.1) is 5.92 Å². The quantitative estimate of drug-likeness (QED) is 0.449. The van der Waals surface area contributed by atoms with E-state index in [0.717, 1.165) is 17.7 Å². The summed E-state index contributed by atoms with van der Waals surface area (Å²) >= 11 is 0. The van der Waals surface area contributed by atoms with Gasteiger partial charge in [0.1, 0.15) is 18.3 Å². The van der Waals surface area contributed by atoms with Gasteiger partial charge in [0.25, 0.3) is 0 Å². The Morgan fingerprint density at radius 3 is 2.50 bits per heavy atom. The van der Waals surface area contributed by atoms with Crippen molar-refractivity contribution in [1.82, 2.24) is 19.5 Å². The van der Waals surface area contributed by atoms with Crippen molar-refractivity contribution in [2.45, 2.75) is 26.3 Å². The molecule has 2 atom stereocenters. The molecule has 1 aromatic carbocycles. The second-order valence-corrected chi connectivity index (χ2v) is 8.32. The number of carbonyl (C=O) groups excluding carboxylic acids is 2. The number of carbonyl (C=O) groups is 2. The van der Waals surface area contributed by atoms with Crippen LogP contribution in [0.1, 0.15) is 36.7 Å². The summed E-state index contributed by atoms with van der Waals surface area (Å²) in [6, 6.07) is 9.75. The van der Waals surface area contributed by atoms with Crippen molar-refractivity contribution in [2.75, 3.05) is 13.7 Å². The molecule has 0 N–H and O–H groups in total. The number of hydrogen-bond donors (Lipinski definition) is 0. The minimum absolute atomic E-state index is 0.0559. The monoisotopic (exact) mass is 485 g/mol. The fourth-order valence-corrected chi connectivity index (χ4v) is 4.20. The highest BCUT2D eigenvalue weighted by atomic mass is 16.5. The van der Waals surface area contributed by atoms with Crippen LogP contribution < -0.4 is 0 Å². The lowest BCUT2D eigenvalue weighted by atomic mass is 9.79. The van der Waals surface area contributed by atoms with Gasteiger partial charge >= 0.3 is 11.9 Å². The molecule has 0 radical (unpaired) electrons.